The van der Waals surface area contributed by atoms with Gasteiger partial charge in [-0.2, -0.15) is 8.78 Å². The van der Waals surface area contributed by atoms with Crippen LogP contribution in [0.1, 0.15) is 12.0 Å². The van der Waals surface area contributed by atoms with Gasteiger partial charge in [0.2, 0.25) is 5.91 Å². The van der Waals surface area contributed by atoms with E-state index in [2.05, 4.69) is 10.1 Å². The second-order valence-corrected chi connectivity index (χ2v) is 5.45. The van der Waals surface area contributed by atoms with Crippen molar-refractivity contribution in [3.8, 4) is 11.5 Å². The van der Waals surface area contributed by atoms with Crippen LogP contribution in [-0.2, 0) is 17.8 Å². The molecular formula is C18H20F2N2O4. The molecule has 0 bridgehead atoms. The highest BCUT2D eigenvalue weighted by Gasteiger charge is 2.11. The van der Waals surface area contributed by atoms with Gasteiger partial charge in [-0.25, -0.2) is 0 Å². The molecule has 2 rings (SSSR count). The van der Waals surface area contributed by atoms with E-state index in [9.17, 15) is 18.4 Å². The Hall–Kier alpha value is -2.90. The van der Waals surface area contributed by atoms with E-state index in [0.717, 1.165) is 5.56 Å². The lowest BCUT2D eigenvalue weighted by Gasteiger charge is -2.12. The quantitative estimate of drug-likeness (QED) is 0.739. The zero-order chi connectivity index (χ0) is 18.9. The standard InChI is InChI=1S/C18H20F2N2O4/c1-25-14-6-5-13(12-15(14)26-18(19)20)7-9-21-16(23)8-11-22-10-3-2-4-17(22)24/h2-6,10,12,18H,7-9,11H2,1H3,(H,21,23). The number of rotatable bonds is 9. The minimum atomic E-state index is -2.94. The Morgan fingerprint density at radius 2 is 2.04 bits per heavy atom. The second kappa shape index (κ2) is 9.55. The van der Waals surface area contributed by atoms with Crippen molar-refractivity contribution >= 4 is 5.91 Å². The summed E-state index contributed by atoms with van der Waals surface area (Å²) >= 11 is 0. The average molecular weight is 366 g/mol. The Morgan fingerprint density at radius 1 is 1.23 bits per heavy atom. The van der Waals surface area contributed by atoms with E-state index in [1.807, 2.05) is 0 Å². The molecule has 140 valence electrons. The van der Waals surface area contributed by atoms with Crippen LogP contribution < -0.4 is 20.3 Å². The van der Waals surface area contributed by atoms with Gasteiger partial charge in [0.25, 0.3) is 5.56 Å². The van der Waals surface area contributed by atoms with Crippen LogP contribution in [0.4, 0.5) is 8.78 Å². The van der Waals surface area contributed by atoms with Crippen molar-refractivity contribution in [1.82, 2.24) is 9.88 Å². The summed E-state index contributed by atoms with van der Waals surface area (Å²) in [6.07, 6.45) is 2.24. The van der Waals surface area contributed by atoms with Crippen molar-refractivity contribution in [3.63, 3.8) is 0 Å². The number of hydrogen-bond acceptors (Lipinski definition) is 4. The first-order valence-electron chi connectivity index (χ1n) is 8.03. The molecule has 0 saturated heterocycles. The van der Waals surface area contributed by atoms with E-state index in [1.54, 1.807) is 24.4 Å². The van der Waals surface area contributed by atoms with Gasteiger partial charge >= 0.3 is 6.61 Å². The van der Waals surface area contributed by atoms with Crippen LogP contribution in [0.2, 0.25) is 0 Å². The third-order valence-corrected chi connectivity index (χ3v) is 3.66. The second-order valence-electron chi connectivity index (χ2n) is 5.45. The molecule has 8 heteroatoms. The molecule has 0 atom stereocenters. The van der Waals surface area contributed by atoms with Gasteiger partial charge in [0.05, 0.1) is 7.11 Å². The highest BCUT2D eigenvalue weighted by atomic mass is 19.3. The average Bonchev–Trinajstić information content (AvgIpc) is 2.61. The number of aryl methyl sites for hydroxylation is 1. The lowest BCUT2D eigenvalue weighted by atomic mass is 10.1. The minimum Gasteiger partial charge on any atom is -0.493 e. The number of benzene rings is 1. The summed E-state index contributed by atoms with van der Waals surface area (Å²) in [5.74, 6) is -0.0283. The molecule has 0 aliphatic rings. The molecule has 1 aromatic heterocycles. The summed E-state index contributed by atoms with van der Waals surface area (Å²) in [6.45, 7) is -2.32. The molecule has 0 spiro atoms. The number of nitrogens with zero attached hydrogens (tertiary/aromatic N) is 1. The van der Waals surface area contributed by atoms with E-state index >= 15 is 0 Å². The predicted octanol–water partition coefficient (Wildman–Crippen LogP) is 2.21. The predicted molar refractivity (Wildman–Crippen MR) is 91.7 cm³/mol. The summed E-state index contributed by atoms with van der Waals surface area (Å²) in [4.78, 5) is 23.4. The van der Waals surface area contributed by atoms with Crippen molar-refractivity contribution in [3.05, 3.63) is 58.5 Å². The Balaban J connectivity index is 1.82. The zero-order valence-corrected chi connectivity index (χ0v) is 14.3. The van der Waals surface area contributed by atoms with E-state index in [4.69, 9.17) is 4.74 Å². The summed E-state index contributed by atoms with van der Waals surface area (Å²) in [7, 11) is 1.37. The first-order valence-corrected chi connectivity index (χ1v) is 8.03. The van der Waals surface area contributed by atoms with Gasteiger partial charge < -0.3 is 19.4 Å². The normalized spacial score (nSPS) is 10.6. The first-order chi connectivity index (χ1) is 12.5. The Bertz CT molecular complexity index is 793. The molecule has 6 nitrogen and oxygen atoms in total. The van der Waals surface area contributed by atoms with Gasteiger partial charge in [-0.3, -0.25) is 9.59 Å². The van der Waals surface area contributed by atoms with Crippen molar-refractivity contribution in [1.29, 1.82) is 0 Å². The van der Waals surface area contributed by atoms with E-state index < -0.39 is 6.61 Å². The smallest absolute Gasteiger partial charge is 0.387 e. The molecule has 1 aromatic carbocycles. The zero-order valence-electron chi connectivity index (χ0n) is 14.3. The number of aromatic nitrogens is 1. The fourth-order valence-corrected chi connectivity index (χ4v) is 2.37. The summed E-state index contributed by atoms with van der Waals surface area (Å²) in [5.41, 5.74) is 0.561. The maximum absolute atomic E-state index is 12.4. The number of methoxy groups -OCH3 is 1. The van der Waals surface area contributed by atoms with Gasteiger partial charge in [-0.1, -0.05) is 12.1 Å². The van der Waals surface area contributed by atoms with Crippen LogP contribution in [0.3, 0.4) is 0 Å². The molecule has 26 heavy (non-hydrogen) atoms. The van der Waals surface area contributed by atoms with Crippen LogP contribution in [0.15, 0.2) is 47.4 Å². The molecule has 2 aromatic rings. The highest BCUT2D eigenvalue weighted by Crippen LogP contribution is 2.29. The number of nitrogens with one attached hydrogen (secondary N) is 1. The van der Waals surface area contributed by atoms with Crippen molar-refractivity contribution in [2.24, 2.45) is 0 Å². The monoisotopic (exact) mass is 366 g/mol. The van der Waals surface area contributed by atoms with Crippen LogP contribution in [0.25, 0.3) is 0 Å². The number of halogens is 2. The van der Waals surface area contributed by atoms with Crippen molar-refractivity contribution < 1.29 is 23.0 Å². The number of hydrogen-bond donors (Lipinski definition) is 1. The lowest BCUT2D eigenvalue weighted by Crippen LogP contribution is -2.28. The fraction of sp³-hybridized carbons (Fsp3) is 0.333. The molecule has 1 heterocycles. The molecule has 0 fully saturated rings. The highest BCUT2D eigenvalue weighted by molar-refractivity contribution is 5.75. The molecule has 1 amide bonds. The molecule has 0 aliphatic heterocycles. The largest absolute Gasteiger partial charge is 0.493 e. The van der Waals surface area contributed by atoms with Gasteiger partial charge in [0, 0.05) is 31.8 Å². The number of amides is 1. The molecular weight excluding hydrogens is 346 g/mol. The van der Waals surface area contributed by atoms with Crippen LogP contribution in [0, 0.1) is 0 Å². The number of carbonyl (C=O) groups excluding carboxylic acids is 1. The van der Waals surface area contributed by atoms with E-state index in [1.165, 1.54) is 29.9 Å². The first kappa shape index (κ1) is 19.4. The van der Waals surface area contributed by atoms with E-state index in [0.29, 0.717) is 19.5 Å². The third kappa shape index (κ3) is 5.87. The van der Waals surface area contributed by atoms with Gasteiger partial charge in [0.15, 0.2) is 11.5 Å². The Morgan fingerprint density at radius 3 is 2.73 bits per heavy atom. The van der Waals surface area contributed by atoms with Crippen molar-refractivity contribution in [2.75, 3.05) is 13.7 Å². The third-order valence-electron chi connectivity index (χ3n) is 3.66. The van der Waals surface area contributed by atoms with Crippen LogP contribution in [0.5, 0.6) is 11.5 Å². The molecule has 0 saturated carbocycles. The van der Waals surface area contributed by atoms with Crippen LogP contribution in [-0.4, -0.2) is 30.7 Å². The summed E-state index contributed by atoms with van der Waals surface area (Å²) in [5, 5.41) is 2.74. The topological polar surface area (TPSA) is 69.6 Å². The summed E-state index contributed by atoms with van der Waals surface area (Å²) < 4.78 is 35.7. The maximum Gasteiger partial charge on any atom is 0.387 e. The minimum absolute atomic E-state index is 0.0465. The Kier molecular flexibility index (Phi) is 7.13. The van der Waals surface area contributed by atoms with Crippen molar-refractivity contribution in [2.45, 2.75) is 26.0 Å². The molecule has 0 unspecified atom stereocenters. The van der Waals surface area contributed by atoms with E-state index in [-0.39, 0.29) is 29.4 Å². The lowest BCUT2D eigenvalue weighted by molar-refractivity contribution is -0.121. The molecule has 0 aliphatic carbocycles. The fourth-order valence-electron chi connectivity index (χ4n) is 2.37. The summed E-state index contributed by atoms with van der Waals surface area (Å²) in [6, 6.07) is 9.51. The number of carbonyl (C=O) groups is 1. The van der Waals surface area contributed by atoms with Gasteiger partial charge in [-0.05, 0) is 30.2 Å². The Labute approximate surface area is 149 Å². The van der Waals surface area contributed by atoms with Crippen LogP contribution >= 0.6 is 0 Å². The SMILES string of the molecule is COc1ccc(CCNC(=O)CCn2ccccc2=O)cc1OC(F)F. The van der Waals surface area contributed by atoms with Gasteiger partial charge in [-0.15, -0.1) is 0 Å². The number of ether oxygens (including phenoxy) is 2. The molecule has 0 radical (unpaired) electrons. The number of pyridine rings is 1. The van der Waals surface area contributed by atoms with Gasteiger partial charge in [0.1, 0.15) is 0 Å². The molecule has 1 N–H and O–H groups in total. The maximum atomic E-state index is 12.4. The number of alkyl halides is 2.